The van der Waals surface area contributed by atoms with Crippen molar-refractivity contribution in [3.63, 3.8) is 0 Å². The van der Waals surface area contributed by atoms with Gasteiger partial charge in [0.1, 0.15) is 5.01 Å². The Morgan fingerprint density at radius 3 is 2.65 bits per heavy atom. The smallest absolute Gasteiger partial charge is 0.225 e. The van der Waals surface area contributed by atoms with Gasteiger partial charge in [0.2, 0.25) is 5.91 Å². The van der Waals surface area contributed by atoms with Crippen LogP contribution in [0.1, 0.15) is 16.1 Å². The lowest BCUT2D eigenvalue weighted by atomic mass is 10.2. The Kier molecular flexibility index (Phi) is 4.78. The van der Waals surface area contributed by atoms with Crippen LogP contribution in [0.4, 0.5) is 0 Å². The van der Waals surface area contributed by atoms with E-state index >= 15 is 0 Å². The standard InChI is InChI=1S/C18H17N3OS/c1-13-16(23-18(21-13)15-9-5-6-10-19-15)11-17(22)20-12-14-7-3-2-4-8-14/h2-10H,11-12H2,1H3,(H,20,22). The molecule has 0 aliphatic rings. The zero-order chi connectivity index (χ0) is 16.1. The highest BCUT2D eigenvalue weighted by Crippen LogP contribution is 2.26. The summed E-state index contributed by atoms with van der Waals surface area (Å²) in [5.74, 6) is 0.00757. The molecule has 0 radical (unpaired) electrons. The van der Waals surface area contributed by atoms with Crippen molar-refractivity contribution in [2.75, 3.05) is 0 Å². The maximum Gasteiger partial charge on any atom is 0.225 e. The average molecular weight is 323 g/mol. The molecule has 0 saturated heterocycles. The number of hydrogen-bond acceptors (Lipinski definition) is 4. The number of aryl methyl sites for hydroxylation is 1. The lowest BCUT2D eigenvalue weighted by Gasteiger charge is -2.04. The Bertz CT molecular complexity index is 785. The second kappa shape index (κ2) is 7.15. The summed E-state index contributed by atoms with van der Waals surface area (Å²) < 4.78 is 0. The van der Waals surface area contributed by atoms with Crippen molar-refractivity contribution in [3.05, 3.63) is 70.9 Å². The fraction of sp³-hybridized carbons (Fsp3) is 0.167. The Morgan fingerprint density at radius 1 is 1.13 bits per heavy atom. The zero-order valence-corrected chi connectivity index (χ0v) is 13.6. The largest absolute Gasteiger partial charge is 0.352 e. The van der Waals surface area contributed by atoms with E-state index < -0.39 is 0 Å². The van der Waals surface area contributed by atoms with Gasteiger partial charge in [-0.15, -0.1) is 11.3 Å². The molecule has 2 aromatic heterocycles. The van der Waals surface area contributed by atoms with Crippen LogP contribution in [0.15, 0.2) is 54.7 Å². The SMILES string of the molecule is Cc1nc(-c2ccccn2)sc1CC(=O)NCc1ccccc1. The third-order valence-corrected chi connectivity index (χ3v) is 4.61. The number of carbonyl (C=O) groups excluding carboxylic acids is 1. The number of aromatic nitrogens is 2. The minimum atomic E-state index is 0.00757. The van der Waals surface area contributed by atoms with Crippen molar-refractivity contribution in [2.24, 2.45) is 0 Å². The average Bonchev–Trinajstić information content (AvgIpc) is 2.95. The number of nitrogens with one attached hydrogen (secondary N) is 1. The fourth-order valence-electron chi connectivity index (χ4n) is 2.20. The van der Waals surface area contributed by atoms with Gasteiger partial charge >= 0.3 is 0 Å². The second-order valence-electron chi connectivity index (χ2n) is 5.18. The minimum Gasteiger partial charge on any atom is -0.352 e. The third-order valence-electron chi connectivity index (χ3n) is 3.43. The summed E-state index contributed by atoms with van der Waals surface area (Å²) in [6.07, 6.45) is 2.10. The Balaban J connectivity index is 1.64. The number of rotatable bonds is 5. The van der Waals surface area contributed by atoms with Crippen LogP contribution in [-0.4, -0.2) is 15.9 Å². The van der Waals surface area contributed by atoms with Gasteiger partial charge in [-0.05, 0) is 24.6 Å². The van der Waals surface area contributed by atoms with E-state index in [0.717, 1.165) is 26.8 Å². The normalized spacial score (nSPS) is 10.5. The monoisotopic (exact) mass is 323 g/mol. The van der Waals surface area contributed by atoms with Crippen LogP contribution < -0.4 is 5.32 Å². The maximum absolute atomic E-state index is 12.1. The van der Waals surface area contributed by atoms with Crippen LogP contribution in [-0.2, 0) is 17.8 Å². The molecule has 0 fully saturated rings. The molecule has 116 valence electrons. The molecule has 0 spiro atoms. The molecule has 0 aliphatic heterocycles. The van der Waals surface area contributed by atoms with Crippen molar-refractivity contribution in [2.45, 2.75) is 19.9 Å². The van der Waals surface area contributed by atoms with Gasteiger partial charge in [0.05, 0.1) is 17.8 Å². The van der Waals surface area contributed by atoms with Crippen LogP contribution >= 0.6 is 11.3 Å². The van der Waals surface area contributed by atoms with E-state index in [9.17, 15) is 4.79 Å². The molecule has 23 heavy (non-hydrogen) atoms. The number of carbonyl (C=O) groups is 1. The Hall–Kier alpha value is -2.53. The second-order valence-corrected chi connectivity index (χ2v) is 6.27. The van der Waals surface area contributed by atoms with Crippen LogP contribution in [0, 0.1) is 6.92 Å². The molecule has 0 saturated carbocycles. The Labute approximate surface area is 139 Å². The van der Waals surface area contributed by atoms with E-state index in [1.54, 1.807) is 6.20 Å². The number of benzene rings is 1. The molecule has 4 nitrogen and oxygen atoms in total. The van der Waals surface area contributed by atoms with Crippen LogP contribution in [0.2, 0.25) is 0 Å². The minimum absolute atomic E-state index is 0.00757. The van der Waals surface area contributed by atoms with Gasteiger partial charge in [0, 0.05) is 17.6 Å². The summed E-state index contributed by atoms with van der Waals surface area (Å²) in [7, 11) is 0. The summed E-state index contributed by atoms with van der Waals surface area (Å²) in [5, 5.41) is 3.80. The van der Waals surface area contributed by atoms with Gasteiger partial charge < -0.3 is 5.32 Å². The maximum atomic E-state index is 12.1. The molecule has 1 aromatic carbocycles. The Morgan fingerprint density at radius 2 is 1.91 bits per heavy atom. The molecular weight excluding hydrogens is 306 g/mol. The van der Waals surface area contributed by atoms with E-state index in [0.29, 0.717) is 13.0 Å². The van der Waals surface area contributed by atoms with Crippen molar-refractivity contribution >= 4 is 17.2 Å². The lowest BCUT2D eigenvalue weighted by Crippen LogP contribution is -2.24. The van der Waals surface area contributed by atoms with Crippen LogP contribution in [0.25, 0.3) is 10.7 Å². The van der Waals surface area contributed by atoms with E-state index in [2.05, 4.69) is 15.3 Å². The predicted molar refractivity (Wildman–Crippen MR) is 92.1 cm³/mol. The number of pyridine rings is 1. The first kappa shape index (κ1) is 15.4. The number of hydrogen-bond donors (Lipinski definition) is 1. The highest BCUT2D eigenvalue weighted by molar-refractivity contribution is 7.15. The van der Waals surface area contributed by atoms with E-state index in [1.807, 2.05) is 55.5 Å². The van der Waals surface area contributed by atoms with Crippen molar-refractivity contribution in [1.82, 2.24) is 15.3 Å². The van der Waals surface area contributed by atoms with Gasteiger partial charge in [-0.25, -0.2) is 4.98 Å². The molecule has 2 heterocycles. The fourth-order valence-corrected chi connectivity index (χ4v) is 3.23. The number of amides is 1. The number of nitrogens with zero attached hydrogens (tertiary/aromatic N) is 2. The van der Waals surface area contributed by atoms with Gasteiger partial charge in [-0.3, -0.25) is 9.78 Å². The van der Waals surface area contributed by atoms with Crippen LogP contribution in [0.3, 0.4) is 0 Å². The van der Waals surface area contributed by atoms with Crippen LogP contribution in [0.5, 0.6) is 0 Å². The molecule has 3 aromatic rings. The first-order valence-corrected chi connectivity index (χ1v) is 8.22. The van der Waals surface area contributed by atoms with Gasteiger partial charge in [0.25, 0.3) is 0 Å². The zero-order valence-electron chi connectivity index (χ0n) is 12.8. The molecule has 5 heteroatoms. The van der Waals surface area contributed by atoms with E-state index in [1.165, 1.54) is 11.3 Å². The highest BCUT2D eigenvalue weighted by Gasteiger charge is 2.13. The topological polar surface area (TPSA) is 54.9 Å². The molecule has 3 rings (SSSR count). The molecule has 0 aliphatic carbocycles. The van der Waals surface area contributed by atoms with Crippen molar-refractivity contribution in [3.8, 4) is 10.7 Å². The summed E-state index contributed by atoms with van der Waals surface area (Å²) in [6, 6.07) is 15.6. The first-order valence-electron chi connectivity index (χ1n) is 7.40. The highest BCUT2D eigenvalue weighted by atomic mass is 32.1. The quantitative estimate of drug-likeness (QED) is 0.783. The molecular formula is C18H17N3OS. The molecule has 0 unspecified atom stereocenters. The molecule has 0 atom stereocenters. The van der Waals surface area contributed by atoms with Gasteiger partial charge in [-0.2, -0.15) is 0 Å². The summed E-state index contributed by atoms with van der Waals surface area (Å²) in [5.41, 5.74) is 2.83. The third kappa shape index (κ3) is 4.02. The summed E-state index contributed by atoms with van der Waals surface area (Å²) in [6.45, 7) is 2.48. The summed E-state index contributed by atoms with van der Waals surface area (Å²) in [4.78, 5) is 22.0. The summed E-state index contributed by atoms with van der Waals surface area (Å²) >= 11 is 1.53. The van der Waals surface area contributed by atoms with E-state index in [-0.39, 0.29) is 5.91 Å². The number of thiazole rings is 1. The van der Waals surface area contributed by atoms with E-state index in [4.69, 9.17) is 0 Å². The molecule has 0 bridgehead atoms. The van der Waals surface area contributed by atoms with Gasteiger partial charge in [0.15, 0.2) is 0 Å². The van der Waals surface area contributed by atoms with Crippen molar-refractivity contribution in [1.29, 1.82) is 0 Å². The molecule has 1 amide bonds. The molecule has 1 N–H and O–H groups in total. The van der Waals surface area contributed by atoms with Gasteiger partial charge in [-0.1, -0.05) is 36.4 Å². The predicted octanol–water partition coefficient (Wildman–Crippen LogP) is 3.37. The lowest BCUT2D eigenvalue weighted by molar-refractivity contribution is -0.120. The van der Waals surface area contributed by atoms with Crippen molar-refractivity contribution < 1.29 is 4.79 Å². The first-order chi connectivity index (χ1) is 11.2.